The number of halogens is 1. The van der Waals surface area contributed by atoms with Crippen LogP contribution in [-0.4, -0.2) is 66.7 Å². The summed E-state index contributed by atoms with van der Waals surface area (Å²) in [6.45, 7) is 5.10. The molecule has 1 amide bonds. The zero-order chi connectivity index (χ0) is 20.8. The summed E-state index contributed by atoms with van der Waals surface area (Å²) in [6, 6.07) is 9.72. The number of hydrogen-bond donors (Lipinski definition) is 1. The monoisotopic (exact) mass is 429 g/mol. The van der Waals surface area contributed by atoms with Gasteiger partial charge in [-0.15, -0.1) is 0 Å². The standard InChI is InChI=1S/C22H28ClN5O2/c23-19-7-2-1-6-18(19)20(27-11-13-30-14-12-27)15-26-21(29)17-5-3-10-28(16-17)22-24-8-4-9-25-22/h1-2,4,6-9,17,20H,3,5,10-16H2,(H,26,29). The van der Waals surface area contributed by atoms with Crippen molar-refractivity contribution in [3.8, 4) is 0 Å². The topological polar surface area (TPSA) is 70.6 Å². The molecule has 1 aromatic carbocycles. The van der Waals surface area contributed by atoms with Gasteiger partial charge in [-0.25, -0.2) is 9.97 Å². The van der Waals surface area contributed by atoms with E-state index in [2.05, 4.69) is 25.1 Å². The Kier molecular flexibility index (Phi) is 7.15. The average Bonchev–Trinajstić information content (AvgIpc) is 2.81. The molecule has 2 aliphatic rings. The summed E-state index contributed by atoms with van der Waals surface area (Å²) in [5.74, 6) is 0.706. The lowest BCUT2D eigenvalue weighted by Gasteiger charge is -2.36. The number of carbonyl (C=O) groups excluding carboxylic acids is 1. The van der Waals surface area contributed by atoms with Crippen LogP contribution in [0.5, 0.6) is 0 Å². The third kappa shape index (κ3) is 5.09. The number of hydrogen-bond acceptors (Lipinski definition) is 6. The summed E-state index contributed by atoms with van der Waals surface area (Å²) >= 11 is 6.50. The van der Waals surface area contributed by atoms with E-state index in [1.807, 2.05) is 24.3 Å². The van der Waals surface area contributed by atoms with Crippen LogP contribution in [0.3, 0.4) is 0 Å². The number of benzene rings is 1. The minimum Gasteiger partial charge on any atom is -0.379 e. The van der Waals surface area contributed by atoms with Crippen LogP contribution in [0.2, 0.25) is 5.02 Å². The van der Waals surface area contributed by atoms with E-state index in [1.165, 1.54) is 0 Å². The first-order chi connectivity index (χ1) is 14.7. The lowest BCUT2D eigenvalue weighted by molar-refractivity contribution is -0.125. The maximum Gasteiger partial charge on any atom is 0.225 e. The van der Waals surface area contributed by atoms with E-state index in [-0.39, 0.29) is 17.9 Å². The molecule has 1 N–H and O–H groups in total. The quantitative estimate of drug-likeness (QED) is 0.760. The molecule has 3 heterocycles. The van der Waals surface area contributed by atoms with Crippen molar-refractivity contribution in [2.45, 2.75) is 18.9 Å². The van der Waals surface area contributed by atoms with Crippen LogP contribution in [0.25, 0.3) is 0 Å². The van der Waals surface area contributed by atoms with Crippen molar-refractivity contribution in [2.75, 3.05) is 50.8 Å². The molecule has 0 saturated carbocycles. The molecule has 0 bridgehead atoms. The zero-order valence-corrected chi connectivity index (χ0v) is 17.8. The van der Waals surface area contributed by atoms with E-state index in [4.69, 9.17) is 16.3 Å². The van der Waals surface area contributed by atoms with Crippen LogP contribution >= 0.6 is 11.6 Å². The minimum atomic E-state index is -0.0702. The normalized spacial score (nSPS) is 21.2. The van der Waals surface area contributed by atoms with Gasteiger partial charge >= 0.3 is 0 Å². The van der Waals surface area contributed by atoms with Crippen LogP contribution in [0.4, 0.5) is 5.95 Å². The Balaban J connectivity index is 1.41. The smallest absolute Gasteiger partial charge is 0.225 e. The molecule has 8 heteroatoms. The molecule has 2 atom stereocenters. The Morgan fingerprint density at radius 1 is 1.17 bits per heavy atom. The number of carbonyl (C=O) groups is 1. The number of rotatable bonds is 6. The van der Waals surface area contributed by atoms with Crippen molar-refractivity contribution in [1.82, 2.24) is 20.2 Å². The zero-order valence-electron chi connectivity index (χ0n) is 17.0. The molecule has 2 unspecified atom stereocenters. The first-order valence-corrected chi connectivity index (χ1v) is 11.0. The van der Waals surface area contributed by atoms with E-state index in [9.17, 15) is 4.79 Å². The van der Waals surface area contributed by atoms with Gasteiger partial charge in [-0.1, -0.05) is 29.8 Å². The summed E-state index contributed by atoms with van der Waals surface area (Å²) in [7, 11) is 0. The lowest BCUT2D eigenvalue weighted by Crippen LogP contribution is -2.47. The highest BCUT2D eigenvalue weighted by atomic mass is 35.5. The molecule has 1 aromatic heterocycles. The van der Waals surface area contributed by atoms with Gasteiger partial charge in [0.25, 0.3) is 0 Å². The van der Waals surface area contributed by atoms with Crippen LogP contribution in [0.15, 0.2) is 42.7 Å². The third-order valence-corrected chi connectivity index (χ3v) is 6.19. The van der Waals surface area contributed by atoms with Crippen LogP contribution in [0.1, 0.15) is 24.4 Å². The Hall–Kier alpha value is -2.22. The van der Waals surface area contributed by atoms with Gasteiger partial charge in [0.2, 0.25) is 11.9 Å². The van der Waals surface area contributed by atoms with Gasteiger partial charge in [0.15, 0.2) is 0 Å². The van der Waals surface area contributed by atoms with Gasteiger partial charge in [-0.05, 0) is 30.5 Å². The molecular formula is C22H28ClN5O2. The Morgan fingerprint density at radius 3 is 2.70 bits per heavy atom. The Morgan fingerprint density at radius 2 is 1.93 bits per heavy atom. The van der Waals surface area contributed by atoms with Crippen LogP contribution in [0, 0.1) is 5.92 Å². The number of aromatic nitrogens is 2. The third-order valence-electron chi connectivity index (χ3n) is 5.85. The predicted octanol–water partition coefficient (Wildman–Crippen LogP) is 2.54. The maximum absolute atomic E-state index is 13.0. The van der Waals surface area contributed by atoms with Gasteiger partial charge in [0.05, 0.1) is 25.2 Å². The molecule has 7 nitrogen and oxygen atoms in total. The summed E-state index contributed by atoms with van der Waals surface area (Å²) in [6.07, 6.45) is 5.31. The predicted molar refractivity (Wildman–Crippen MR) is 117 cm³/mol. The highest BCUT2D eigenvalue weighted by Crippen LogP contribution is 2.28. The average molecular weight is 430 g/mol. The van der Waals surface area contributed by atoms with Gasteiger partial charge in [-0.2, -0.15) is 0 Å². The van der Waals surface area contributed by atoms with Gasteiger partial charge in [-0.3, -0.25) is 9.69 Å². The Bertz CT molecular complexity index is 831. The van der Waals surface area contributed by atoms with E-state index in [1.54, 1.807) is 18.5 Å². The molecule has 160 valence electrons. The SMILES string of the molecule is O=C(NCC(c1ccccc1Cl)N1CCOCC1)C1CCCN(c2ncccn2)C1. The molecule has 30 heavy (non-hydrogen) atoms. The van der Waals surface area contributed by atoms with Crippen molar-refractivity contribution >= 4 is 23.5 Å². The summed E-state index contributed by atoms with van der Waals surface area (Å²) in [4.78, 5) is 26.1. The van der Waals surface area contributed by atoms with Gasteiger partial charge in [0, 0.05) is 50.1 Å². The number of nitrogens with zero attached hydrogens (tertiary/aromatic N) is 4. The Labute approximate surface area is 182 Å². The number of nitrogens with one attached hydrogen (secondary N) is 1. The summed E-state index contributed by atoms with van der Waals surface area (Å²) < 4.78 is 5.51. The molecular weight excluding hydrogens is 402 g/mol. The number of ether oxygens (including phenoxy) is 1. The van der Waals surface area contributed by atoms with Gasteiger partial charge < -0.3 is 15.0 Å². The van der Waals surface area contributed by atoms with E-state index < -0.39 is 0 Å². The highest BCUT2D eigenvalue weighted by Gasteiger charge is 2.29. The molecule has 2 aromatic rings. The van der Waals surface area contributed by atoms with E-state index in [0.29, 0.717) is 32.3 Å². The van der Waals surface area contributed by atoms with Gasteiger partial charge in [0.1, 0.15) is 0 Å². The first kappa shape index (κ1) is 21.0. The van der Waals surface area contributed by atoms with Crippen molar-refractivity contribution in [1.29, 1.82) is 0 Å². The summed E-state index contributed by atoms with van der Waals surface area (Å²) in [5.41, 5.74) is 1.05. The highest BCUT2D eigenvalue weighted by molar-refractivity contribution is 6.31. The number of anilines is 1. The second-order valence-corrected chi connectivity index (χ2v) is 8.17. The van der Waals surface area contributed by atoms with Crippen molar-refractivity contribution < 1.29 is 9.53 Å². The second kappa shape index (κ2) is 10.2. The second-order valence-electron chi connectivity index (χ2n) is 7.76. The fraction of sp³-hybridized carbons (Fsp3) is 0.500. The lowest BCUT2D eigenvalue weighted by atomic mass is 9.97. The minimum absolute atomic E-state index is 0.0312. The maximum atomic E-state index is 13.0. The molecule has 0 aliphatic carbocycles. The van der Waals surface area contributed by atoms with Crippen molar-refractivity contribution in [2.24, 2.45) is 5.92 Å². The largest absolute Gasteiger partial charge is 0.379 e. The van der Waals surface area contributed by atoms with Crippen LogP contribution in [-0.2, 0) is 9.53 Å². The van der Waals surface area contributed by atoms with E-state index in [0.717, 1.165) is 43.1 Å². The molecule has 0 spiro atoms. The van der Waals surface area contributed by atoms with E-state index >= 15 is 0 Å². The molecule has 2 aliphatic heterocycles. The molecule has 0 radical (unpaired) electrons. The molecule has 4 rings (SSSR count). The fourth-order valence-corrected chi connectivity index (χ4v) is 4.50. The summed E-state index contributed by atoms with van der Waals surface area (Å²) in [5, 5.41) is 3.93. The van der Waals surface area contributed by atoms with Crippen molar-refractivity contribution in [3.05, 3.63) is 53.3 Å². The van der Waals surface area contributed by atoms with Crippen molar-refractivity contribution in [3.63, 3.8) is 0 Å². The fourth-order valence-electron chi connectivity index (χ4n) is 4.24. The van der Waals surface area contributed by atoms with Crippen LogP contribution < -0.4 is 10.2 Å². The molecule has 2 fully saturated rings. The number of morpholine rings is 1. The number of amides is 1. The molecule has 2 saturated heterocycles. The number of piperidine rings is 1. The first-order valence-electron chi connectivity index (χ1n) is 10.6.